The fourth-order valence-corrected chi connectivity index (χ4v) is 0.969. The predicted octanol–water partition coefficient (Wildman–Crippen LogP) is 1.24. The molecule has 0 aromatic carbocycles. The van der Waals surface area contributed by atoms with Crippen molar-refractivity contribution in [2.24, 2.45) is 0 Å². The zero-order valence-corrected chi connectivity index (χ0v) is 6.83. The summed E-state index contributed by atoms with van der Waals surface area (Å²) >= 11 is 0. The van der Waals surface area contributed by atoms with Crippen molar-refractivity contribution in [3.05, 3.63) is 24.2 Å². The van der Waals surface area contributed by atoms with Gasteiger partial charge in [0.2, 0.25) is 0 Å². The van der Waals surface area contributed by atoms with Gasteiger partial charge in [-0.3, -0.25) is 0 Å². The molecule has 0 fully saturated rings. The SMILES string of the molecule is CN1C=CCC(N(C)C)=C1. The third kappa shape index (κ3) is 1.53. The summed E-state index contributed by atoms with van der Waals surface area (Å²) in [5.41, 5.74) is 1.35. The van der Waals surface area contributed by atoms with Crippen LogP contribution in [0.2, 0.25) is 0 Å². The summed E-state index contributed by atoms with van der Waals surface area (Å²) in [5, 5.41) is 0. The normalized spacial score (nSPS) is 17.1. The van der Waals surface area contributed by atoms with E-state index in [-0.39, 0.29) is 0 Å². The first-order valence-electron chi connectivity index (χ1n) is 3.47. The largest absolute Gasteiger partial charge is 0.380 e. The molecule has 0 N–H and O–H groups in total. The highest BCUT2D eigenvalue weighted by Crippen LogP contribution is 2.11. The minimum atomic E-state index is 1.05. The molecule has 0 spiro atoms. The van der Waals surface area contributed by atoms with Crippen molar-refractivity contribution in [1.82, 2.24) is 9.80 Å². The Balaban J connectivity index is 2.62. The topological polar surface area (TPSA) is 6.48 Å². The van der Waals surface area contributed by atoms with Crippen molar-refractivity contribution < 1.29 is 0 Å². The second kappa shape index (κ2) is 2.78. The first kappa shape index (κ1) is 7.19. The summed E-state index contributed by atoms with van der Waals surface area (Å²) in [6.45, 7) is 0. The smallest absolute Gasteiger partial charge is 0.0331 e. The molecule has 10 heavy (non-hydrogen) atoms. The van der Waals surface area contributed by atoms with Gasteiger partial charge in [-0.25, -0.2) is 0 Å². The van der Waals surface area contributed by atoms with E-state index in [4.69, 9.17) is 0 Å². The Morgan fingerprint density at radius 2 is 2.20 bits per heavy atom. The molecule has 0 radical (unpaired) electrons. The number of rotatable bonds is 1. The quantitative estimate of drug-likeness (QED) is 0.538. The first-order valence-corrected chi connectivity index (χ1v) is 3.47. The van der Waals surface area contributed by atoms with E-state index in [1.165, 1.54) is 5.70 Å². The summed E-state index contributed by atoms with van der Waals surface area (Å²) < 4.78 is 0. The zero-order valence-electron chi connectivity index (χ0n) is 6.83. The van der Waals surface area contributed by atoms with Gasteiger partial charge in [-0.05, 0) is 6.20 Å². The summed E-state index contributed by atoms with van der Waals surface area (Å²) in [4.78, 5) is 4.21. The predicted molar refractivity (Wildman–Crippen MR) is 43.3 cm³/mol. The van der Waals surface area contributed by atoms with E-state index in [2.05, 4.69) is 42.4 Å². The van der Waals surface area contributed by atoms with Gasteiger partial charge in [0.25, 0.3) is 0 Å². The van der Waals surface area contributed by atoms with Crippen LogP contribution in [0, 0.1) is 0 Å². The van der Waals surface area contributed by atoms with E-state index in [1.54, 1.807) is 0 Å². The average Bonchev–Trinajstić information content (AvgIpc) is 1.88. The highest BCUT2D eigenvalue weighted by atomic mass is 15.1. The van der Waals surface area contributed by atoms with Gasteiger partial charge in [0.15, 0.2) is 0 Å². The maximum atomic E-state index is 2.16. The zero-order chi connectivity index (χ0) is 7.56. The van der Waals surface area contributed by atoms with Gasteiger partial charge in [0, 0.05) is 39.5 Å². The van der Waals surface area contributed by atoms with E-state index in [1.807, 2.05) is 7.05 Å². The molecule has 1 aliphatic rings. The highest BCUT2D eigenvalue weighted by molar-refractivity contribution is 5.10. The maximum Gasteiger partial charge on any atom is 0.0331 e. The van der Waals surface area contributed by atoms with Crippen LogP contribution in [0.1, 0.15) is 6.42 Å². The third-order valence-electron chi connectivity index (χ3n) is 1.59. The van der Waals surface area contributed by atoms with Gasteiger partial charge >= 0.3 is 0 Å². The van der Waals surface area contributed by atoms with Crippen LogP contribution < -0.4 is 0 Å². The van der Waals surface area contributed by atoms with Gasteiger partial charge in [0.1, 0.15) is 0 Å². The molecule has 56 valence electrons. The van der Waals surface area contributed by atoms with E-state index in [9.17, 15) is 0 Å². The molecule has 0 amide bonds. The van der Waals surface area contributed by atoms with Gasteiger partial charge in [-0.1, -0.05) is 6.08 Å². The maximum absolute atomic E-state index is 2.16. The molecule has 0 aliphatic carbocycles. The summed E-state index contributed by atoms with van der Waals surface area (Å²) in [7, 11) is 6.18. The van der Waals surface area contributed by atoms with Crippen LogP contribution >= 0.6 is 0 Å². The molecule has 1 rings (SSSR count). The Kier molecular flexibility index (Phi) is 2.00. The van der Waals surface area contributed by atoms with Gasteiger partial charge in [0.05, 0.1) is 0 Å². The van der Waals surface area contributed by atoms with Crippen LogP contribution in [0.15, 0.2) is 24.2 Å². The molecular formula is C8H14N2. The number of allylic oxidation sites excluding steroid dienone is 1. The molecule has 0 atom stereocenters. The van der Waals surface area contributed by atoms with Crippen molar-refractivity contribution in [3.8, 4) is 0 Å². The number of nitrogens with zero attached hydrogens (tertiary/aromatic N) is 2. The van der Waals surface area contributed by atoms with E-state index in [0.717, 1.165) is 6.42 Å². The second-order valence-electron chi connectivity index (χ2n) is 2.77. The monoisotopic (exact) mass is 138 g/mol. The van der Waals surface area contributed by atoms with Gasteiger partial charge in [-0.2, -0.15) is 0 Å². The highest BCUT2D eigenvalue weighted by Gasteiger charge is 2.01. The van der Waals surface area contributed by atoms with Crippen molar-refractivity contribution in [3.63, 3.8) is 0 Å². The first-order chi connectivity index (χ1) is 4.70. The number of hydrogen-bond acceptors (Lipinski definition) is 2. The molecule has 0 saturated heterocycles. The Bertz CT molecular complexity index is 168. The summed E-state index contributed by atoms with van der Waals surface area (Å²) in [6.07, 6.45) is 7.43. The Labute approximate surface area is 62.4 Å². The minimum absolute atomic E-state index is 1.05. The number of hydrogen-bond donors (Lipinski definition) is 0. The van der Waals surface area contributed by atoms with Gasteiger partial charge < -0.3 is 9.80 Å². The Hall–Kier alpha value is -0.920. The van der Waals surface area contributed by atoms with Crippen molar-refractivity contribution in [2.75, 3.05) is 21.1 Å². The molecular weight excluding hydrogens is 124 g/mol. The third-order valence-corrected chi connectivity index (χ3v) is 1.59. The molecule has 1 aliphatic heterocycles. The lowest BCUT2D eigenvalue weighted by Gasteiger charge is -2.22. The lowest BCUT2D eigenvalue weighted by atomic mass is 10.2. The van der Waals surface area contributed by atoms with Crippen LogP contribution in [0.5, 0.6) is 0 Å². The van der Waals surface area contributed by atoms with E-state index >= 15 is 0 Å². The van der Waals surface area contributed by atoms with E-state index in [0.29, 0.717) is 0 Å². The summed E-state index contributed by atoms with van der Waals surface area (Å²) in [5.74, 6) is 0. The van der Waals surface area contributed by atoms with Crippen LogP contribution in [0.3, 0.4) is 0 Å². The van der Waals surface area contributed by atoms with Crippen molar-refractivity contribution in [2.45, 2.75) is 6.42 Å². The molecule has 0 aromatic rings. The molecule has 2 nitrogen and oxygen atoms in total. The summed E-state index contributed by atoms with van der Waals surface area (Å²) in [6, 6.07) is 0. The molecule has 0 saturated carbocycles. The van der Waals surface area contributed by atoms with Crippen LogP contribution in [-0.4, -0.2) is 30.9 Å². The molecule has 0 bridgehead atoms. The average molecular weight is 138 g/mol. The van der Waals surface area contributed by atoms with Crippen LogP contribution in [0.25, 0.3) is 0 Å². The second-order valence-corrected chi connectivity index (χ2v) is 2.77. The van der Waals surface area contributed by atoms with Crippen LogP contribution in [-0.2, 0) is 0 Å². The molecule has 2 heteroatoms. The standard InChI is InChI=1S/C8H14N2/c1-9(2)8-5-4-6-10(3)7-8/h4,6-7H,5H2,1-3H3. The van der Waals surface area contributed by atoms with Crippen molar-refractivity contribution >= 4 is 0 Å². The fourth-order valence-electron chi connectivity index (χ4n) is 0.969. The van der Waals surface area contributed by atoms with Crippen molar-refractivity contribution in [1.29, 1.82) is 0 Å². The van der Waals surface area contributed by atoms with Gasteiger partial charge in [-0.15, -0.1) is 0 Å². The van der Waals surface area contributed by atoms with E-state index < -0.39 is 0 Å². The Morgan fingerprint density at radius 3 is 2.60 bits per heavy atom. The lowest BCUT2D eigenvalue weighted by molar-refractivity contribution is 0.465. The minimum Gasteiger partial charge on any atom is -0.380 e. The van der Waals surface area contributed by atoms with Crippen LogP contribution in [0.4, 0.5) is 0 Å². The molecule has 0 unspecified atom stereocenters. The molecule has 0 aromatic heterocycles. The molecule has 1 heterocycles. The lowest BCUT2D eigenvalue weighted by Crippen LogP contribution is -2.16. The Morgan fingerprint density at radius 1 is 1.50 bits per heavy atom. The fraction of sp³-hybridized carbons (Fsp3) is 0.500.